The predicted molar refractivity (Wildman–Crippen MR) is 139 cm³/mol. The molecule has 2 aliphatic heterocycles. The minimum atomic E-state index is -0.476. The molecule has 4 amide bonds. The van der Waals surface area contributed by atoms with Gasteiger partial charge in [-0.2, -0.15) is 0 Å². The molecule has 3 N–H and O–H groups in total. The summed E-state index contributed by atoms with van der Waals surface area (Å²) in [5.74, 6) is -0.266. The van der Waals surface area contributed by atoms with Crippen molar-refractivity contribution in [3.05, 3.63) is 52.9 Å². The van der Waals surface area contributed by atoms with E-state index < -0.39 is 17.8 Å². The molecular formula is C26H32FN7O5. The Labute approximate surface area is 225 Å². The number of hydrogen-bond acceptors (Lipinski definition) is 8. The number of oxime groups is 1. The first-order chi connectivity index (χ1) is 18.8. The Morgan fingerprint density at radius 1 is 1.15 bits per heavy atom. The largest absolute Gasteiger partial charge is 0.494 e. The standard InChI is InChI=1S/C26H32FN7O5/c1-15-31-19(11-21(32-15)25(36)29-13-16-4-5-18(27)23(10-16)38-3)20-12-22(39-33-20)17-6-8-34(9-7-17)24(35)14-30-26(37)28-2/h4-5,10-11,17,22H,6-9,12-14H2,1-3H3,(H,29,36)(H2,28,30,37). The number of amides is 4. The van der Waals surface area contributed by atoms with Gasteiger partial charge in [0.05, 0.1) is 19.3 Å². The van der Waals surface area contributed by atoms with Gasteiger partial charge in [-0.25, -0.2) is 19.2 Å². The minimum absolute atomic E-state index is 0.0431. The molecule has 1 saturated heterocycles. The second-order valence-corrected chi connectivity index (χ2v) is 9.37. The summed E-state index contributed by atoms with van der Waals surface area (Å²) in [6, 6.07) is 5.57. The maximum Gasteiger partial charge on any atom is 0.314 e. The first-order valence-corrected chi connectivity index (χ1v) is 12.7. The van der Waals surface area contributed by atoms with Crippen LogP contribution < -0.4 is 20.7 Å². The molecule has 2 aliphatic rings. The molecule has 4 rings (SSSR count). The lowest BCUT2D eigenvalue weighted by Gasteiger charge is -2.33. The third-order valence-corrected chi connectivity index (χ3v) is 6.77. The number of carbonyl (C=O) groups excluding carboxylic acids is 3. The molecule has 0 spiro atoms. The fourth-order valence-electron chi connectivity index (χ4n) is 4.60. The van der Waals surface area contributed by atoms with E-state index in [0.717, 1.165) is 12.8 Å². The van der Waals surface area contributed by atoms with Crippen LogP contribution in [0.3, 0.4) is 0 Å². The van der Waals surface area contributed by atoms with Crippen molar-refractivity contribution in [2.45, 2.75) is 38.8 Å². The van der Waals surface area contributed by atoms with Crippen molar-refractivity contribution in [1.29, 1.82) is 0 Å². The highest BCUT2D eigenvalue weighted by Gasteiger charge is 2.34. The molecular weight excluding hydrogens is 509 g/mol. The lowest BCUT2D eigenvalue weighted by Crippen LogP contribution is -2.46. The molecule has 12 nitrogen and oxygen atoms in total. The minimum Gasteiger partial charge on any atom is -0.494 e. The maximum absolute atomic E-state index is 13.6. The summed E-state index contributed by atoms with van der Waals surface area (Å²) in [4.78, 5) is 52.7. The van der Waals surface area contributed by atoms with Crippen LogP contribution in [0.2, 0.25) is 0 Å². The van der Waals surface area contributed by atoms with Gasteiger partial charge in [-0.1, -0.05) is 11.2 Å². The van der Waals surface area contributed by atoms with E-state index in [9.17, 15) is 18.8 Å². The molecule has 1 aromatic heterocycles. The molecule has 2 aromatic rings. The lowest BCUT2D eigenvalue weighted by molar-refractivity contribution is -0.132. The number of ether oxygens (including phenoxy) is 1. The summed E-state index contributed by atoms with van der Waals surface area (Å²) in [6.07, 6.45) is 1.89. The van der Waals surface area contributed by atoms with Crippen molar-refractivity contribution in [3.8, 4) is 5.75 Å². The van der Waals surface area contributed by atoms with Gasteiger partial charge in [0.25, 0.3) is 5.91 Å². The number of hydrogen-bond donors (Lipinski definition) is 3. The van der Waals surface area contributed by atoms with Crippen LogP contribution in [-0.2, 0) is 16.2 Å². The van der Waals surface area contributed by atoms with E-state index in [1.807, 2.05) is 0 Å². The summed E-state index contributed by atoms with van der Waals surface area (Å²) < 4.78 is 18.6. The van der Waals surface area contributed by atoms with Crippen LogP contribution >= 0.6 is 0 Å². The Morgan fingerprint density at radius 3 is 2.64 bits per heavy atom. The normalized spacial score (nSPS) is 17.2. The van der Waals surface area contributed by atoms with E-state index >= 15 is 0 Å². The van der Waals surface area contributed by atoms with Crippen LogP contribution in [0.25, 0.3) is 0 Å². The molecule has 1 atom stereocenters. The number of nitrogens with one attached hydrogen (secondary N) is 3. The fraction of sp³-hybridized carbons (Fsp3) is 0.462. The van der Waals surface area contributed by atoms with Gasteiger partial charge < -0.3 is 30.4 Å². The van der Waals surface area contributed by atoms with Gasteiger partial charge in [0, 0.05) is 39.0 Å². The van der Waals surface area contributed by atoms with Crippen LogP contribution in [0.4, 0.5) is 9.18 Å². The monoisotopic (exact) mass is 541 g/mol. The molecule has 208 valence electrons. The number of urea groups is 1. The Bertz CT molecular complexity index is 1260. The van der Waals surface area contributed by atoms with Gasteiger partial charge in [0.15, 0.2) is 11.6 Å². The third-order valence-electron chi connectivity index (χ3n) is 6.77. The average molecular weight is 542 g/mol. The quantitative estimate of drug-likeness (QED) is 0.459. The number of carbonyl (C=O) groups is 3. The van der Waals surface area contributed by atoms with E-state index in [1.54, 1.807) is 24.0 Å². The van der Waals surface area contributed by atoms with E-state index in [0.29, 0.717) is 42.3 Å². The van der Waals surface area contributed by atoms with Gasteiger partial charge in [-0.15, -0.1) is 0 Å². The number of benzene rings is 1. The molecule has 1 fully saturated rings. The average Bonchev–Trinajstić information content (AvgIpc) is 3.45. The van der Waals surface area contributed by atoms with Crippen molar-refractivity contribution in [2.24, 2.45) is 11.1 Å². The van der Waals surface area contributed by atoms with Gasteiger partial charge in [-0.05, 0) is 43.5 Å². The molecule has 39 heavy (non-hydrogen) atoms. The number of likely N-dealkylation sites (tertiary alicyclic amines) is 1. The first kappa shape index (κ1) is 27.7. The third kappa shape index (κ3) is 6.98. The highest BCUT2D eigenvalue weighted by atomic mass is 19.1. The van der Waals surface area contributed by atoms with Crippen LogP contribution in [0, 0.1) is 18.7 Å². The second kappa shape index (κ2) is 12.5. The van der Waals surface area contributed by atoms with E-state index in [-0.39, 0.29) is 42.5 Å². The number of rotatable bonds is 8. The molecule has 0 saturated carbocycles. The van der Waals surface area contributed by atoms with Crippen molar-refractivity contribution in [3.63, 3.8) is 0 Å². The van der Waals surface area contributed by atoms with Gasteiger partial charge >= 0.3 is 6.03 Å². The Hall–Kier alpha value is -4.29. The highest BCUT2D eigenvalue weighted by Crippen LogP contribution is 2.29. The van der Waals surface area contributed by atoms with Crippen LogP contribution in [0.15, 0.2) is 29.4 Å². The number of piperidine rings is 1. The topological polar surface area (TPSA) is 147 Å². The molecule has 13 heteroatoms. The summed E-state index contributed by atoms with van der Waals surface area (Å²) in [7, 11) is 2.88. The Morgan fingerprint density at radius 2 is 1.92 bits per heavy atom. The number of aromatic nitrogens is 2. The molecule has 3 heterocycles. The SMILES string of the molecule is CNC(=O)NCC(=O)N1CCC(C2CC(c3cc(C(=O)NCc4ccc(F)c(OC)c4)nc(C)n3)=NO2)CC1. The number of nitrogens with zero attached hydrogens (tertiary/aromatic N) is 4. The van der Waals surface area contributed by atoms with E-state index in [1.165, 1.54) is 26.3 Å². The van der Waals surface area contributed by atoms with Crippen molar-refractivity contribution < 1.29 is 28.3 Å². The summed E-state index contributed by atoms with van der Waals surface area (Å²) in [5, 5.41) is 12.0. The number of aryl methyl sites for hydroxylation is 1. The molecule has 0 bridgehead atoms. The highest BCUT2D eigenvalue weighted by molar-refractivity contribution is 6.02. The Balaban J connectivity index is 1.31. The number of methoxy groups -OCH3 is 1. The smallest absolute Gasteiger partial charge is 0.314 e. The van der Waals surface area contributed by atoms with Crippen LogP contribution in [0.1, 0.15) is 46.8 Å². The predicted octanol–water partition coefficient (Wildman–Crippen LogP) is 1.52. The fourth-order valence-corrected chi connectivity index (χ4v) is 4.60. The number of halogens is 1. The maximum atomic E-state index is 13.6. The van der Waals surface area contributed by atoms with Gasteiger partial charge in [0.2, 0.25) is 5.91 Å². The van der Waals surface area contributed by atoms with E-state index in [2.05, 4.69) is 31.1 Å². The van der Waals surface area contributed by atoms with Crippen LogP contribution in [0.5, 0.6) is 5.75 Å². The Kier molecular flexibility index (Phi) is 8.89. The molecule has 1 unspecified atom stereocenters. The zero-order valence-electron chi connectivity index (χ0n) is 22.1. The van der Waals surface area contributed by atoms with Gasteiger partial charge in [0.1, 0.15) is 23.3 Å². The van der Waals surface area contributed by atoms with Crippen molar-refractivity contribution >= 4 is 23.6 Å². The van der Waals surface area contributed by atoms with Crippen molar-refractivity contribution in [2.75, 3.05) is 33.8 Å². The lowest BCUT2D eigenvalue weighted by atomic mass is 9.88. The second-order valence-electron chi connectivity index (χ2n) is 9.37. The molecule has 0 radical (unpaired) electrons. The van der Waals surface area contributed by atoms with E-state index in [4.69, 9.17) is 9.57 Å². The summed E-state index contributed by atoms with van der Waals surface area (Å²) in [6.45, 7) is 2.97. The molecule has 0 aliphatic carbocycles. The summed E-state index contributed by atoms with van der Waals surface area (Å²) >= 11 is 0. The zero-order valence-corrected chi connectivity index (χ0v) is 22.1. The van der Waals surface area contributed by atoms with Crippen LogP contribution in [-0.4, -0.2) is 78.3 Å². The van der Waals surface area contributed by atoms with Gasteiger partial charge in [-0.3, -0.25) is 9.59 Å². The molecule has 1 aromatic carbocycles. The zero-order chi connectivity index (χ0) is 27.9. The first-order valence-electron chi connectivity index (χ1n) is 12.7. The van der Waals surface area contributed by atoms with Crippen molar-refractivity contribution in [1.82, 2.24) is 30.8 Å². The summed E-state index contributed by atoms with van der Waals surface area (Å²) in [5.41, 5.74) is 2.02.